The van der Waals surface area contributed by atoms with E-state index in [1.165, 1.54) is 5.56 Å². The van der Waals surface area contributed by atoms with Crippen LogP contribution >= 0.6 is 11.8 Å². The molecule has 3 rings (SSSR count). The lowest BCUT2D eigenvalue weighted by Gasteiger charge is -2.38. The first kappa shape index (κ1) is 14.9. The van der Waals surface area contributed by atoms with Gasteiger partial charge in [-0.3, -0.25) is 4.79 Å². The summed E-state index contributed by atoms with van der Waals surface area (Å²) in [5, 5.41) is 0. The van der Waals surface area contributed by atoms with Crippen LogP contribution in [0, 0.1) is 11.8 Å². The minimum Gasteiger partial charge on any atom is -0.334 e. The number of hydrogen-bond donors (Lipinski definition) is 1. The first-order valence-electron chi connectivity index (χ1n) is 7.94. The molecule has 1 aromatic carbocycles. The zero-order valence-electron chi connectivity index (χ0n) is 12.4. The Kier molecular flexibility index (Phi) is 4.86. The maximum absolute atomic E-state index is 13.0. The molecule has 1 unspecified atom stereocenters. The van der Waals surface area contributed by atoms with Gasteiger partial charge in [0.25, 0.3) is 0 Å². The predicted octanol–water partition coefficient (Wildman–Crippen LogP) is 2.68. The summed E-state index contributed by atoms with van der Waals surface area (Å²) in [6.45, 7) is 1.52. The Hall–Kier alpha value is -1.00. The first-order chi connectivity index (χ1) is 10.3. The third kappa shape index (κ3) is 3.11. The maximum atomic E-state index is 13.0. The summed E-state index contributed by atoms with van der Waals surface area (Å²) in [5.41, 5.74) is 7.13. The van der Waals surface area contributed by atoms with Gasteiger partial charge in [-0.1, -0.05) is 36.8 Å². The van der Waals surface area contributed by atoms with E-state index in [2.05, 4.69) is 29.2 Å². The zero-order valence-corrected chi connectivity index (χ0v) is 13.2. The number of rotatable bonds is 3. The van der Waals surface area contributed by atoms with Crippen LogP contribution in [0.3, 0.4) is 0 Å². The molecule has 1 aliphatic carbocycles. The van der Waals surface area contributed by atoms with Gasteiger partial charge in [0.05, 0.1) is 6.04 Å². The lowest BCUT2D eigenvalue weighted by atomic mass is 9.93. The molecule has 1 aromatic rings. The molecule has 0 radical (unpaired) electrons. The molecular formula is C17H24N2OS. The largest absolute Gasteiger partial charge is 0.334 e. The van der Waals surface area contributed by atoms with Gasteiger partial charge in [0, 0.05) is 24.0 Å². The Morgan fingerprint density at radius 3 is 2.86 bits per heavy atom. The Bertz CT molecular complexity index is 479. The average Bonchev–Trinajstić information content (AvgIpc) is 3.03. The number of thioether (sulfide) groups is 1. The third-order valence-electron chi connectivity index (χ3n) is 4.87. The van der Waals surface area contributed by atoms with Crippen LogP contribution in [0.4, 0.5) is 0 Å². The Morgan fingerprint density at radius 1 is 1.29 bits per heavy atom. The van der Waals surface area contributed by atoms with Crippen LogP contribution in [0.5, 0.6) is 0 Å². The summed E-state index contributed by atoms with van der Waals surface area (Å²) >= 11 is 1.95. The average molecular weight is 304 g/mol. The van der Waals surface area contributed by atoms with Crippen molar-refractivity contribution in [2.24, 2.45) is 17.6 Å². The fourth-order valence-corrected chi connectivity index (χ4v) is 4.76. The van der Waals surface area contributed by atoms with Gasteiger partial charge in [-0.15, -0.1) is 0 Å². The number of amides is 1. The molecule has 0 bridgehead atoms. The van der Waals surface area contributed by atoms with E-state index in [1.54, 1.807) is 0 Å². The van der Waals surface area contributed by atoms with Crippen molar-refractivity contribution >= 4 is 17.7 Å². The van der Waals surface area contributed by atoms with Crippen LogP contribution in [0.2, 0.25) is 0 Å². The summed E-state index contributed by atoms with van der Waals surface area (Å²) in [7, 11) is 0. The minimum absolute atomic E-state index is 0.157. The van der Waals surface area contributed by atoms with Crippen molar-refractivity contribution in [3.8, 4) is 0 Å². The second-order valence-electron chi connectivity index (χ2n) is 6.07. The lowest BCUT2D eigenvalue weighted by molar-refractivity contribution is -0.138. The van der Waals surface area contributed by atoms with Gasteiger partial charge in [-0.05, 0) is 30.9 Å². The van der Waals surface area contributed by atoms with Crippen LogP contribution in [0.25, 0.3) is 0 Å². The van der Waals surface area contributed by atoms with Crippen molar-refractivity contribution in [3.63, 3.8) is 0 Å². The topological polar surface area (TPSA) is 46.3 Å². The molecule has 1 amide bonds. The second kappa shape index (κ2) is 6.84. The second-order valence-corrected chi connectivity index (χ2v) is 7.22. The van der Waals surface area contributed by atoms with E-state index >= 15 is 0 Å². The maximum Gasteiger partial charge on any atom is 0.226 e. The van der Waals surface area contributed by atoms with Crippen molar-refractivity contribution in [1.82, 2.24) is 4.90 Å². The smallest absolute Gasteiger partial charge is 0.226 e. The highest BCUT2D eigenvalue weighted by molar-refractivity contribution is 7.99. The fraction of sp³-hybridized carbons (Fsp3) is 0.588. The van der Waals surface area contributed by atoms with Crippen LogP contribution < -0.4 is 5.73 Å². The number of carbonyl (C=O) groups is 1. The molecule has 1 heterocycles. The molecule has 1 aliphatic heterocycles. The number of nitrogens with two attached hydrogens (primary N) is 1. The summed E-state index contributed by atoms with van der Waals surface area (Å²) < 4.78 is 0. The minimum atomic E-state index is 0.157. The van der Waals surface area contributed by atoms with E-state index in [0.29, 0.717) is 18.4 Å². The van der Waals surface area contributed by atoms with Crippen molar-refractivity contribution < 1.29 is 4.79 Å². The van der Waals surface area contributed by atoms with Crippen LogP contribution in [-0.2, 0) is 4.79 Å². The molecule has 3 atom stereocenters. The molecule has 2 aliphatic rings. The standard InChI is InChI=1S/C17H24N2OS/c18-11-14-7-4-8-15(14)17(20)19-9-10-21-12-16(19)13-5-2-1-3-6-13/h1-3,5-6,14-16H,4,7-12,18H2/t14-,15-,16?/m1/s1. The summed E-state index contributed by atoms with van der Waals surface area (Å²) in [5.74, 6) is 2.95. The van der Waals surface area contributed by atoms with Gasteiger partial charge in [-0.25, -0.2) is 0 Å². The number of benzene rings is 1. The van der Waals surface area contributed by atoms with E-state index < -0.39 is 0 Å². The van der Waals surface area contributed by atoms with Crippen molar-refractivity contribution in [2.75, 3.05) is 24.6 Å². The predicted molar refractivity (Wildman–Crippen MR) is 88.1 cm³/mol. The van der Waals surface area contributed by atoms with Gasteiger partial charge in [0.2, 0.25) is 5.91 Å². The lowest BCUT2D eigenvalue weighted by Crippen LogP contribution is -2.45. The Morgan fingerprint density at radius 2 is 2.10 bits per heavy atom. The summed E-state index contributed by atoms with van der Waals surface area (Å²) in [6, 6.07) is 10.7. The van der Waals surface area contributed by atoms with Crippen molar-refractivity contribution in [1.29, 1.82) is 0 Å². The molecule has 3 nitrogen and oxygen atoms in total. The van der Waals surface area contributed by atoms with E-state index in [-0.39, 0.29) is 12.0 Å². The highest BCUT2D eigenvalue weighted by Gasteiger charge is 2.38. The molecule has 1 saturated heterocycles. The number of nitrogens with zero attached hydrogens (tertiary/aromatic N) is 1. The van der Waals surface area contributed by atoms with Crippen LogP contribution in [-0.4, -0.2) is 35.4 Å². The van der Waals surface area contributed by atoms with Crippen molar-refractivity contribution in [3.05, 3.63) is 35.9 Å². The monoisotopic (exact) mass is 304 g/mol. The van der Waals surface area contributed by atoms with E-state index in [0.717, 1.165) is 37.3 Å². The molecular weight excluding hydrogens is 280 g/mol. The van der Waals surface area contributed by atoms with E-state index in [4.69, 9.17) is 5.73 Å². The normalized spacial score (nSPS) is 29.6. The van der Waals surface area contributed by atoms with Crippen LogP contribution in [0.15, 0.2) is 30.3 Å². The number of carbonyl (C=O) groups excluding carboxylic acids is 1. The Balaban J connectivity index is 1.79. The van der Waals surface area contributed by atoms with Gasteiger partial charge < -0.3 is 10.6 Å². The summed E-state index contributed by atoms with van der Waals surface area (Å²) in [4.78, 5) is 15.1. The number of hydrogen-bond acceptors (Lipinski definition) is 3. The SMILES string of the molecule is NC[C@H]1CCC[C@H]1C(=O)N1CCSCC1c1ccccc1. The molecule has 0 spiro atoms. The highest BCUT2D eigenvalue weighted by atomic mass is 32.2. The highest BCUT2D eigenvalue weighted by Crippen LogP contribution is 2.37. The molecule has 2 fully saturated rings. The van der Waals surface area contributed by atoms with Crippen LogP contribution in [0.1, 0.15) is 30.9 Å². The van der Waals surface area contributed by atoms with Gasteiger partial charge in [0.15, 0.2) is 0 Å². The molecule has 4 heteroatoms. The first-order valence-corrected chi connectivity index (χ1v) is 9.10. The molecule has 2 N–H and O–H groups in total. The van der Waals surface area contributed by atoms with Gasteiger partial charge in [0.1, 0.15) is 0 Å². The molecule has 114 valence electrons. The van der Waals surface area contributed by atoms with Gasteiger partial charge in [-0.2, -0.15) is 11.8 Å². The Labute approximate surface area is 131 Å². The quantitative estimate of drug-likeness (QED) is 0.934. The van der Waals surface area contributed by atoms with E-state index in [1.807, 2.05) is 17.8 Å². The molecule has 21 heavy (non-hydrogen) atoms. The third-order valence-corrected chi connectivity index (χ3v) is 5.90. The molecule has 0 aromatic heterocycles. The van der Waals surface area contributed by atoms with Crippen molar-refractivity contribution in [2.45, 2.75) is 25.3 Å². The molecule has 1 saturated carbocycles. The zero-order chi connectivity index (χ0) is 14.7. The fourth-order valence-electron chi connectivity index (χ4n) is 3.68. The van der Waals surface area contributed by atoms with E-state index in [9.17, 15) is 4.79 Å². The summed E-state index contributed by atoms with van der Waals surface area (Å²) in [6.07, 6.45) is 3.29. The van der Waals surface area contributed by atoms with Gasteiger partial charge >= 0.3 is 0 Å².